The summed E-state index contributed by atoms with van der Waals surface area (Å²) in [6.45, 7) is 0.141. The van der Waals surface area contributed by atoms with Gasteiger partial charge in [-0.2, -0.15) is 14.9 Å². The molecule has 0 unspecified atom stereocenters. The zero-order valence-electron chi connectivity index (χ0n) is 21.3. The quantitative estimate of drug-likeness (QED) is 0.223. The second-order valence-electron chi connectivity index (χ2n) is 9.61. The number of hydrogen-bond acceptors (Lipinski definition) is 8. The first-order valence-corrected chi connectivity index (χ1v) is 12.7. The molecule has 13 heteroatoms. The first-order valence-electron chi connectivity index (χ1n) is 12.7. The maximum absolute atomic E-state index is 15.1. The van der Waals surface area contributed by atoms with Gasteiger partial charge in [0, 0.05) is 42.9 Å². The minimum Gasteiger partial charge on any atom is -0.453 e. The van der Waals surface area contributed by atoms with E-state index in [1.807, 2.05) is 0 Å². The van der Waals surface area contributed by atoms with E-state index in [4.69, 9.17) is 4.74 Å². The normalized spacial score (nSPS) is 16.3. The van der Waals surface area contributed by atoms with Gasteiger partial charge in [0.1, 0.15) is 22.5 Å². The van der Waals surface area contributed by atoms with E-state index in [1.54, 1.807) is 6.07 Å². The molecule has 1 fully saturated rings. The van der Waals surface area contributed by atoms with Gasteiger partial charge in [-0.05, 0) is 61.2 Å². The van der Waals surface area contributed by atoms with Gasteiger partial charge in [0.05, 0.1) is 5.69 Å². The van der Waals surface area contributed by atoms with Crippen molar-refractivity contribution in [2.45, 2.75) is 18.9 Å². The number of amides is 1. The molecule has 0 bridgehead atoms. The van der Waals surface area contributed by atoms with Crippen molar-refractivity contribution in [2.75, 3.05) is 17.2 Å². The fraction of sp³-hybridized carbons (Fsp3) is 0.179. The molecule has 3 heterocycles. The number of fused-ring (bicyclic) bond motifs is 1. The van der Waals surface area contributed by atoms with Gasteiger partial charge in [-0.1, -0.05) is 0 Å². The maximum Gasteiger partial charge on any atom is 0.284 e. The van der Waals surface area contributed by atoms with E-state index in [-0.39, 0.29) is 41.3 Å². The third-order valence-corrected chi connectivity index (χ3v) is 6.83. The van der Waals surface area contributed by atoms with Crippen LogP contribution in [-0.4, -0.2) is 48.6 Å². The van der Waals surface area contributed by atoms with Crippen molar-refractivity contribution in [1.29, 1.82) is 0 Å². The van der Waals surface area contributed by atoms with E-state index in [1.165, 1.54) is 54.9 Å². The van der Waals surface area contributed by atoms with E-state index >= 15 is 4.39 Å². The van der Waals surface area contributed by atoms with Crippen LogP contribution in [0.1, 0.15) is 23.2 Å². The number of nitrogens with one attached hydrogen (secondary N) is 3. The molecule has 41 heavy (non-hydrogen) atoms. The summed E-state index contributed by atoms with van der Waals surface area (Å²) >= 11 is 0. The summed E-state index contributed by atoms with van der Waals surface area (Å²) in [7, 11) is 0. The molecule has 0 spiro atoms. The number of pyridine rings is 1. The zero-order chi connectivity index (χ0) is 28.5. The molecule has 208 valence electrons. The van der Waals surface area contributed by atoms with Crippen molar-refractivity contribution in [3.8, 4) is 17.2 Å². The minimum absolute atomic E-state index is 0.0957. The van der Waals surface area contributed by atoms with Crippen LogP contribution in [0, 0.1) is 17.6 Å². The molecule has 6 rings (SSSR count). The van der Waals surface area contributed by atoms with Crippen molar-refractivity contribution >= 4 is 28.4 Å². The molecule has 1 aliphatic rings. The summed E-state index contributed by atoms with van der Waals surface area (Å²) in [6, 6.07) is 11.9. The van der Waals surface area contributed by atoms with Crippen LogP contribution in [0.5, 0.6) is 11.5 Å². The number of aromatic amines is 1. The Bertz CT molecular complexity index is 1800. The summed E-state index contributed by atoms with van der Waals surface area (Å²) in [4.78, 5) is 30.0. The number of ether oxygens (including phenoxy) is 1. The Morgan fingerprint density at radius 2 is 1.88 bits per heavy atom. The Morgan fingerprint density at radius 3 is 2.63 bits per heavy atom. The molecule has 5 aromatic rings. The lowest BCUT2D eigenvalue weighted by atomic mass is 9.81. The molecule has 0 atom stereocenters. The topological polar surface area (TPSA) is 147 Å². The fourth-order valence-corrected chi connectivity index (χ4v) is 4.64. The van der Waals surface area contributed by atoms with Gasteiger partial charge in [0.15, 0.2) is 23.0 Å². The van der Waals surface area contributed by atoms with Gasteiger partial charge in [-0.25, -0.2) is 13.8 Å². The highest BCUT2D eigenvalue weighted by Gasteiger charge is 2.29. The summed E-state index contributed by atoms with van der Waals surface area (Å²) in [5, 5.41) is 26.7. The molecule has 4 N–H and O–H groups in total. The van der Waals surface area contributed by atoms with Crippen molar-refractivity contribution < 1.29 is 23.4 Å². The lowest BCUT2D eigenvalue weighted by Gasteiger charge is -2.34. The van der Waals surface area contributed by atoms with Crippen molar-refractivity contribution in [2.24, 2.45) is 5.92 Å². The second kappa shape index (κ2) is 10.8. The molecule has 1 aliphatic carbocycles. The van der Waals surface area contributed by atoms with Gasteiger partial charge in [0.25, 0.3) is 11.5 Å². The first-order chi connectivity index (χ1) is 19.9. The molecule has 0 radical (unpaired) electrons. The van der Waals surface area contributed by atoms with Crippen LogP contribution in [0.15, 0.2) is 71.8 Å². The number of aromatic nitrogens is 5. The van der Waals surface area contributed by atoms with E-state index in [2.05, 4.69) is 30.9 Å². The number of aliphatic hydroxyl groups is 1. The molecule has 11 nitrogen and oxygen atoms in total. The van der Waals surface area contributed by atoms with Gasteiger partial charge >= 0.3 is 0 Å². The Hall–Kier alpha value is -5.17. The predicted molar refractivity (Wildman–Crippen MR) is 145 cm³/mol. The Kier molecular flexibility index (Phi) is 6.85. The van der Waals surface area contributed by atoms with E-state index in [0.717, 1.165) is 23.6 Å². The third-order valence-electron chi connectivity index (χ3n) is 6.83. The highest BCUT2D eigenvalue weighted by molar-refractivity contribution is 6.04. The Morgan fingerprint density at radius 1 is 1.07 bits per heavy atom. The number of halogens is 2. The van der Waals surface area contributed by atoms with Crippen LogP contribution in [0.4, 0.5) is 20.3 Å². The summed E-state index contributed by atoms with van der Waals surface area (Å²) < 4.78 is 35.2. The average molecular weight is 560 g/mol. The molecule has 0 saturated heterocycles. The highest BCUT2D eigenvalue weighted by atomic mass is 19.1. The molecule has 0 aliphatic heterocycles. The minimum atomic E-state index is -0.772. The smallest absolute Gasteiger partial charge is 0.284 e. The van der Waals surface area contributed by atoms with E-state index in [9.17, 15) is 19.1 Å². The SMILES string of the molecule is O=C(Nc1ccc(Oc2ccnc3[nH]nc(NC4CC(CO)C4)c23)c(F)c1)c1ccnn(-c2ccc(F)cc2)c1=O. The van der Waals surface area contributed by atoms with Crippen molar-refractivity contribution in [3.63, 3.8) is 0 Å². The molecule has 2 aromatic carbocycles. The largest absolute Gasteiger partial charge is 0.453 e. The van der Waals surface area contributed by atoms with Crippen LogP contribution >= 0.6 is 0 Å². The van der Waals surface area contributed by atoms with Crippen LogP contribution in [0.2, 0.25) is 0 Å². The van der Waals surface area contributed by atoms with E-state index < -0.39 is 23.1 Å². The number of carbonyl (C=O) groups is 1. The molecule has 1 saturated carbocycles. The Labute approximate surface area is 230 Å². The number of hydrogen-bond donors (Lipinski definition) is 4. The summed E-state index contributed by atoms with van der Waals surface area (Å²) in [5.74, 6) is -1.02. The van der Waals surface area contributed by atoms with Gasteiger partial charge < -0.3 is 20.5 Å². The van der Waals surface area contributed by atoms with Crippen LogP contribution in [0.3, 0.4) is 0 Å². The molecule has 1 amide bonds. The number of rotatable bonds is 8. The second-order valence-corrected chi connectivity index (χ2v) is 9.61. The van der Waals surface area contributed by atoms with Crippen LogP contribution < -0.4 is 20.9 Å². The molecule has 3 aromatic heterocycles. The number of nitrogens with zero attached hydrogens (tertiary/aromatic N) is 4. The lowest BCUT2D eigenvalue weighted by molar-refractivity contribution is 0.102. The predicted octanol–water partition coefficient (Wildman–Crippen LogP) is 4.01. The van der Waals surface area contributed by atoms with Crippen LogP contribution in [-0.2, 0) is 0 Å². The maximum atomic E-state index is 15.1. The van der Waals surface area contributed by atoms with Gasteiger partial charge in [-0.3, -0.25) is 14.7 Å². The van der Waals surface area contributed by atoms with Crippen molar-refractivity contribution in [3.05, 3.63) is 94.5 Å². The summed E-state index contributed by atoms with van der Waals surface area (Å²) in [6.07, 6.45) is 4.39. The van der Waals surface area contributed by atoms with Gasteiger partial charge in [-0.15, -0.1) is 0 Å². The number of anilines is 2. The van der Waals surface area contributed by atoms with Gasteiger partial charge in [0.2, 0.25) is 0 Å². The monoisotopic (exact) mass is 559 g/mol. The fourth-order valence-electron chi connectivity index (χ4n) is 4.64. The zero-order valence-corrected chi connectivity index (χ0v) is 21.3. The summed E-state index contributed by atoms with van der Waals surface area (Å²) in [5.41, 5.74) is -0.130. The number of benzene rings is 2. The Balaban J connectivity index is 1.19. The molecular formula is C28H23F2N7O4. The van der Waals surface area contributed by atoms with Crippen LogP contribution in [0.25, 0.3) is 16.7 Å². The average Bonchev–Trinajstić information content (AvgIpc) is 3.36. The lowest BCUT2D eigenvalue weighted by Crippen LogP contribution is -2.37. The standard InChI is InChI=1S/C28H23F2N7O4/c29-16-1-4-19(5-2-16)37-28(40)20(7-10-32-37)27(39)34-17-3-6-22(21(30)13-17)41-23-8-9-31-25-24(23)26(36-35-25)33-18-11-15(12-18)14-38/h1-10,13,15,18,38H,11-12,14H2,(H,34,39)(H2,31,33,35,36). The van der Waals surface area contributed by atoms with Crippen molar-refractivity contribution in [1.82, 2.24) is 25.0 Å². The van der Waals surface area contributed by atoms with E-state index in [0.29, 0.717) is 22.6 Å². The number of aliphatic hydroxyl groups excluding tert-OH is 1. The first kappa shape index (κ1) is 26.1. The highest BCUT2D eigenvalue weighted by Crippen LogP contribution is 2.37. The third kappa shape index (κ3) is 5.22. The molecular weight excluding hydrogens is 536 g/mol. The number of carbonyl (C=O) groups excluding carboxylic acids is 1. The number of H-pyrrole nitrogens is 1.